The van der Waals surface area contributed by atoms with Gasteiger partial charge in [0, 0.05) is 25.8 Å². The third-order valence-corrected chi connectivity index (χ3v) is 4.40. The van der Waals surface area contributed by atoms with Crippen LogP contribution in [-0.2, 0) is 11.3 Å². The van der Waals surface area contributed by atoms with E-state index in [1.807, 2.05) is 36.2 Å². The smallest absolute Gasteiger partial charge is 0.253 e. The first-order valence-corrected chi connectivity index (χ1v) is 7.48. The summed E-state index contributed by atoms with van der Waals surface area (Å²) in [7, 11) is 3.62. The van der Waals surface area contributed by atoms with Gasteiger partial charge in [-0.3, -0.25) is 4.79 Å². The molecule has 20 heavy (non-hydrogen) atoms. The molecule has 0 spiro atoms. The molecule has 1 aromatic rings. The number of nitrogens with zero attached hydrogens (tertiary/aromatic N) is 1. The Morgan fingerprint density at radius 2 is 1.90 bits per heavy atom. The van der Waals surface area contributed by atoms with Crippen molar-refractivity contribution in [2.75, 3.05) is 14.2 Å². The number of methoxy groups -OCH3 is 1. The van der Waals surface area contributed by atoms with E-state index in [0.717, 1.165) is 17.5 Å². The van der Waals surface area contributed by atoms with Gasteiger partial charge in [-0.1, -0.05) is 31.9 Å². The van der Waals surface area contributed by atoms with Crippen molar-refractivity contribution < 1.29 is 9.53 Å². The molecule has 0 aromatic heterocycles. The second-order valence-corrected chi connectivity index (χ2v) is 5.88. The SMILES string of the molecule is COCc1ccc(C(=O)N(C)C2CCCCC2C)cc1. The van der Waals surface area contributed by atoms with E-state index in [2.05, 4.69) is 6.92 Å². The molecule has 0 radical (unpaired) electrons. The average Bonchev–Trinajstić information content (AvgIpc) is 2.47. The maximum Gasteiger partial charge on any atom is 0.253 e. The fourth-order valence-corrected chi connectivity index (χ4v) is 3.14. The largest absolute Gasteiger partial charge is 0.380 e. The molecule has 0 heterocycles. The van der Waals surface area contributed by atoms with Gasteiger partial charge in [-0.05, 0) is 36.5 Å². The lowest BCUT2D eigenvalue weighted by atomic mass is 9.85. The maximum atomic E-state index is 12.6. The quantitative estimate of drug-likeness (QED) is 0.842. The van der Waals surface area contributed by atoms with Crippen LogP contribution in [0.1, 0.15) is 48.5 Å². The Balaban J connectivity index is 2.05. The highest BCUT2D eigenvalue weighted by molar-refractivity contribution is 5.94. The predicted octanol–water partition coefficient (Wildman–Crippen LogP) is 3.48. The van der Waals surface area contributed by atoms with Crippen LogP contribution in [0.15, 0.2) is 24.3 Å². The number of carbonyl (C=O) groups excluding carboxylic acids is 1. The summed E-state index contributed by atoms with van der Waals surface area (Å²) < 4.78 is 5.09. The van der Waals surface area contributed by atoms with Gasteiger partial charge < -0.3 is 9.64 Å². The second-order valence-electron chi connectivity index (χ2n) is 5.88. The van der Waals surface area contributed by atoms with Crippen LogP contribution < -0.4 is 0 Å². The predicted molar refractivity (Wildman–Crippen MR) is 80.7 cm³/mol. The first-order valence-electron chi connectivity index (χ1n) is 7.48. The fraction of sp³-hybridized carbons (Fsp3) is 0.588. The van der Waals surface area contributed by atoms with E-state index in [-0.39, 0.29) is 5.91 Å². The molecule has 2 unspecified atom stereocenters. The van der Waals surface area contributed by atoms with Crippen molar-refractivity contribution in [3.63, 3.8) is 0 Å². The van der Waals surface area contributed by atoms with Crippen LogP contribution in [0.3, 0.4) is 0 Å². The zero-order valence-electron chi connectivity index (χ0n) is 12.8. The molecule has 0 bridgehead atoms. The molecule has 1 amide bonds. The van der Waals surface area contributed by atoms with Crippen molar-refractivity contribution >= 4 is 5.91 Å². The molecule has 1 aromatic carbocycles. The summed E-state index contributed by atoms with van der Waals surface area (Å²) >= 11 is 0. The molecule has 110 valence electrons. The third-order valence-electron chi connectivity index (χ3n) is 4.40. The number of hydrogen-bond donors (Lipinski definition) is 0. The molecule has 3 heteroatoms. The molecule has 0 N–H and O–H groups in total. The lowest BCUT2D eigenvalue weighted by molar-refractivity contribution is 0.0629. The number of benzene rings is 1. The Hall–Kier alpha value is -1.35. The Morgan fingerprint density at radius 3 is 2.50 bits per heavy atom. The number of carbonyl (C=O) groups is 1. The normalized spacial score (nSPS) is 22.6. The van der Waals surface area contributed by atoms with E-state index >= 15 is 0 Å². The van der Waals surface area contributed by atoms with Crippen LogP contribution in [0.2, 0.25) is 0 Å². The zero-order chi connectivity index (χ0) is 14.5. The van der Waals surface area contributed by atoms with E-state index in [1.54, 1.807) is 7.11 Å². The van der Waals surface area contributed by atoms with Gasteiger partial charge in [-0.25, -0.2) is 0 Å². The van der Waals surface area contributed by atoms with Crippen LogP contribution in [0, 0.1) is 5.92 Å². The lowest BCUT2D eigenvalue weighted by Crippen LogP contribution is -2.42. The molecule has 1 saturated carbocycles. The van der Waals surface area contributed by atoms with Crippen molar-refractivity contribution in [1.29, 1.82) is 0 Å². The molecule has 1 aliphatic carbocycles. The number of hydrogen-bond acceptors (Lipinski definition) is 2. The van der Waals surface area contributed by atoms with Crippen LogP contribution in [0.5, 0.6) is 0 Å². The van der Waals surface area contributed by atoms with Crippen molar-refractivity contribution in [2.24, 2.45) is 5.92 Å². The average molecular weight is 275 g/mol. The first kappa shape index (κ1) is 15.0. The number of ether oxygens (including phenoxy) is 1. The summed E-state index contributed by atoms with van der Waals surface area (Å²) in [6.07, 6.45) is 4.89. The first-order chi connectivity index (χ1) is 9.63. The van der Waals surface area contributed by atoms with Gasteiger partial charge in [0.05, 0.1) is 6.61 Å². The van der Waals surface area contributed by atoms with Crippen LogP contribution in [0.25, 0.3) is 0 Å². The van der Waals surface area contributed by atoms with E-state index in [4.69, 9.17) is 4.74 Å². The molecule has 1 aliphatic rings. The van der Waals surface area contributed by atoms with Gasteiger partial charge in [-0.2, -0.15) is 0 Å². The summed E-state index contributed by atoms with van der Waals surface area (Å²) in [5.74, 6) is 0.734. The van der Waals surface area contributed by atoms with E-state index in [9.17, 15) is 4.79 Å². The van der Waals surface area contributed by atoms with Crippen LogP contribution in [0.4, 0.5) is 0 Å². The van der Waals surface area contributed by atoms with Crippen molar-refractivity contribution in [3.8, 4) is 0 Å². The summed E-state index contributed by atoms with van der Waals surface area (Å²) in [4.78, 5) is 14.5. The molecular formula is C17H25NO2. The monoisotopic (exact) mass is 275 g/mol. The van der Waals surface area contributed by atoms with Crippen LogP contribution >= 0.6 is 0 Å². The zero-order valence-corrected chi connectivity index (χ0v) is 12.8. The number of rotatable bonds is 4. The summed E-state index contributed by atoms with van der Waals surface area (Å²) in [5.41, 5.74) is 1.86. The Bertz CT molecular complexity index is 441. The lowest BCUT2D eigenvalue weighted by Gasteiger charge is -2.36. The summed E-state index contributed by atoms with van der Waals surface area (Å²) in [6.45, 7) is 2.85. The second kappa shape index (κ2) is 6.89. The minimum absolute atomic E-state index is 0.132. The molecule has 0 aliphatic heterocycles. The molecule has 2 atom stereocenters. The van der Waals surface area contributed by atoms with Gasteiger partial charge in [0.25, 0.3) is 5.91 Å². The molecular weight excluding hydrogens is 250 g/mol. The topological polar surface area (TPSA) is 29.5 Å². The Kier molecular flexibility index (Phi) is 5.18. The van der Waals surface area contributed by atoms with E-state index in [1.165, 1.54) is 19.3 Å². The Morgan fingerprint density at radius 1 is 1.25 bits per heavy atom. The summed E-state index contributed by atoms with van der Waals surface area (Å²) in [5, 5.41) is 0. The molecule has 3 nitrogen and oxygen atoms in total. The molecule has 2 rings (SSSR count). The third kappa shape index (κ3) is 3.40. The van der Waals surface area contributed by atoms with Gasteiger partial charge in [0.2, 0.25) is 0 Å². The minimum Gasteiger partial charge on any atom is -0.380 e. The van der Waals surface area contributed by atoms with E-state index in [0.29, 0.717) is 18.6 Å². The maximum absolute atomic E-state index is 12.6. The standard InChI is InChI=1S/C17H25NO2/c1-13-6-4-5-7-16(13)18(2)17(19)15-10-8-14(9-11-15)12-20-3/h8-11,13,16H,4-7,12H2,1-3H3. The van der Waals surface area contributed by atoms with Crippen molar-refractivity contribution in [2.45, 2.75) is 45.3 Å². The molecule has 1 fully saturated rings. The van der Waals surface area contributed by atoms with E-state index < -0.39 is 0 Å². The number of amides is 1. The van der Waals surface area contributed by atoms with Gasteiger partial charge in [0.15, 0.2) is 0 Å². The van der Waals surface area contributed by atoms with Gasteiger partial charge >= 0.3 is 0 Å². The van der Waals surface area contributed by atoms with Crippen LogP contribution in [-0.4, -0.2) is 31.0 Å². The fourth-order valence-electron chi connectivity index (χ4n) is 3.14. The van der Waals surface area contributed by atoms with Gasteiger partial charge in [-0.15, -0.1) is 0 Å². The molecule has 0 saturated heterocycles. The van der Waals surface area contributed by atoms with Crippen molar-refractivity contribution in [3.05, 3.63) is 35.4 Å². The Labute approximate surface area is 121 Å². The van der Waals surface area contributed by atoms with Crippen molar-refractivity contribution in [1.82, 2.24) is 4.90 Å². The minimum atomic E-state index is 0.132. The van der Waals surface area contributed by atoms with Gasteiger partial charge in [0.1, 0.15) is 0 Å². The highest BCUT2D eigenvalue weighted by Crippen LogP contribution is 2.28. The highest BCUT2D eigenvalue weighted by atomic mass is 16.5. The summed E-state index contributed by atoms with van der Waals surface area (Å²) in [6, 6.07) is 8.13. The highest BCUT2D eigenvalue weighted by Gasteiger charge is 2.28.